The van der Waals surface area contributed by atoms with Gasteiger partial charge in [-0.15, -0.1) is 11.3 Å². The van der Waals surface area contributed by atoms with Crippen LogP contribution in [0.4, 0.5) is 13.2 Å². The van der Waals surface area contributed by atoms with E-state index in [4.69, 9.17) is 9.84 Å². The maximum absolute atomic E-state index is 12.6. The molecule has 2 aromatic rings. The van der Waals surface area contributed by atoms with E-state index in [1.807, 2.05) is 0 Å². The Morgan fingerprint density at radius 3 is 2.50 bits per heavy atom. The second-order valence-electron chi connectivity index (χ2n) is 5.12. The molecule has 1 aromatic carbocycles. The van der Waals surface area contributed by atoms with E-state index in [-0.39, 0.29) is 27.7 Å². The fourth-order valence-corrected chi connectivity index (χ4v) is 3.41. The Bertz CT molecular complexity index is 1070. The summed E-state index contributed by atoms with van der Waals surface area (Å²) in [6.45, 7) is 2.86. The topological polar surface area (TPSA) is 127 Å². The molecule has 1 N–H and O–H groups in total. The maximum atomic E-state index is 12.6. The van der Waals surface area contributed by atoms with Crippen molar-refractivity contribution < 1.29 is 40.4 Å². The summed E-state index contributed by atoms with van der Waals surface area (Å²) in [4.78, 5) is 15.2. The zero-order valence-corrected chi connectivity index (χ0v) is 15.8. The summed E-state index contributed by atoms with van der Waals surface area (Å²) < 4.78 is 69.8. The van der Waals surface area contributed by atoms with E-state index in [9.17, 15) is 31.6 Å². The molecule has 0 aliphatic carbocycles. The number of aromatic carboxylic acids is 1. The van der Waals surface area contributed by atoms with Crippen LogP contribution in [0.2, 0.25) is 0 Å². The largest absolute Gasteiger partial charge is 0.534 e. The number of hydrogen-bond acceptors (Lipinski definition) is 8. The number of rotatable bonds is 6. The first-order chi connectivity index (χ1) is 12.9. The van der Waals surface area contributed by atoms with Gasteiger partial charge in [-0.05, 0) is 26.0 Å². The van der Waals surface area contributed by atoms with Gasteiger partial charge in [0.2, 0.25) is 5.75 Å². The minimum absolute atomic E-state index is 0.0635. The van der Waals surface area contributed by atoms with Crippen molar-refractivity contribution in [3.63, 3.8) is 0 Å². The molecule has 0 bridgehead atoms. The van der Waals surface area contributed by atoms with E-state index in [0.29, 0.717) is 0 Å². The molecule has 0 atom stereocenters. The lowest BCUT2D eigenvalue weighted by molar-refractivity contribution is -0.0500. The van der Waals surface area contributed by atoms with Crippen LogP contribution >= 0.6 is 11.3 Å². The van der Waals surface area contributed by atoms with Crippen LogP contribution in [0, 0.1) is 18.3 Å². The molecule has 0 aliphatic rings. The second-order valence-corrected chi connectivity index (χ2v) is 7.65. The number of nitrogens with zero attached hydrogens (tertiary/aromatic N) is 2. The molecule has 0 fully saturated rings. The number of aryl methyl sites for hydroxylation is 1. The monoisotopic (exact) mass is 436 g/mol. The van der Waals surface area contributed by atoms with Gasteiger partial charge in [0, 0.05) is 5.56 Å². The fourth-order valence-electron chi connectivity index (χ4n) is 2.03. The van der Waals surface area contributed by atoms with E-state index in [2.05, 4.69) is 9.17 Å². The zero-order valence-electron chi connectivity index (χ0n) is 14.2. The van der Waals surface area contributed by atoms with Crippen molar-refractivity contribution in [3.8, 4) is 28.1 Å². The van der Waals surface area contributed by atoms with Crippen LogP contribution in [0.25, 0.3) is 10.6 Å². The van der Waals surface area contributed by atoms with E-state index in [0.717, 1.165) is 23.5 Å². The van der Waals surface area contributed by atoms with Crippen molar-refractivity contribution in [3.05, 3.63) is 28.3 Å². The number of benzene rings is 1. The molecule has 150 valence electrons. The number of hydrogen-bond donors (Lipinski definition) is 1. The van der Waals surface area contributed by atoms with Gasteiger partial charge in [-0.1, -0.05) is 0 Å². The smallest absolute Gasteiger partial charge is 0.490 e. The van der Waals surface area contributed by atoms with Gasteiger partial charge in [0.25, 0.3) is 0 Å². The number of aromatic nitrogens is 1. The predicted molar refractivity (Wildman–Crippen MR) is 90.7 cm³/mol. The van der Waals surface area contributed by atoms with Crippen LogP contribution < -0.4 is 8.92 Å². The van der Waals surface area contributed by atoms with Gasteiger partial charge in [0.15, 0.2) is 5.75 Å². The molecular formula is C15H11F3N2O6S2. The van der Waals surface area contributed by atoms with Gasteiger partial charge in [0.05, 0.1) is 12.3 Å². The molecule has 0 spiro atoms. The van der Waals surface area contributed by atoms with Crippen molar-refractivity contribution in [2.45, 2.75) is 19.4 Å². The van der Waals surface area contributed by atoms with Crippen LogP contribution in [0.3, 0.4) is 0 Å². The summed E-state index contributed by atoms with van der Waals surface area (Å²) in [6.07, 6.45) is 0. The third-order valence-corrected chi connectivity index (χ3v) is 5.34. The first-order valence-electron chi connectivity index (χ1n) is 7.34. The maximum Gasteiger partial charge on any atom is 0.534 e. The minimum atomic E-state index is -6.04. The molecule has 28 heavy (non-hydrogen) atoms. The van der Waals surface area contributed by atoms with E-state index in [1.54, 1.807) is 6.07 Å². The SMILES string of the molecule is CCOc1cc(-c2nc(C)c(C(=O)O)s2)cc(C#N)c1OS(=O)(=O)C(F)(F)F. The lowest BCUT2D eigenvalue weighted by Crippen LogP contribution is -2.28. The third kappa shape index (κ3) is 4.18. The predicted octanol–water partition coefficient (Wildman–Crippen LogP) is 3.32. The molecule has 1 aromatic heterocycles. The number of alkyl halides is 3. The zero-order chi connectivity index (χ0) is 21.3. The lowest BCUT2D eigenvalue weighted by Gasteiger charge is -2.15. The number of thiazole rings is 1. The van der Waals surface area contributed by atoms with Gasteiger partial charge >= 0.3 is 21.6 Å². The quantitative estimate of drug-likeness (QED) is 0.540. The molecule has 13 heteroatoms. The van der Waals surface area contributed by atoms with Gasteiger partial charge in [-0.25, -0.2) is 9.78 Å². The molecule has 0 aliphatic heterocycles. The lowest BCUT2D eigenvalue weighted by atomic mass is 10.1. The van der Waals surface area contributed by atoms with Crippen molar-refractivity contribution >= 4 is 27.4 Å². The van der Waals surface area contributed by atoms with Crippen molar-refractivity contribution in [2.24, 2.45) is 0 Å². The number of ether oxygens (including phenoxy) is 1. The van der Waals surface area contributed by atoms with Crippen LogP contribution in [0.1, 0.15) is 27.9 Å². The van der Waals surface area contributed by atoms with E-state index < -0.39 is 38.7 Å². The average molecular weight is 436 g/mol. The number of carboxylic acids is 1. The highest BCUT2D eigenvalue weighted by atomic mass is 32.2. The minimum Gasteiger partial charge on any atom is -0.490 e. The summed E-state index contributed by atoms with van der Waals surface area (Å²) >= 11 is 0.775. The molecule has 8 nitrogen and oxygen atoms in total. The van der Waals surface area contributed by atoms with Gasteiger partial charge in [0.1, 0.15) is 21.5 Å². The number of halogens is 3. The number of nitriles is 1. The van der Waals surface area contributed by atoms with Crippen molar-refractivity contribution in [1.82, 2.24) is 4.98 Å². The number of carbonyl (C=O) groups is 1. The summed E-state index contributed by atoms with van der Waals surface area (Å²) in [5, 5.41) is 18.5. The first kappa shape index (κ1) is 21.5. The molecule has 1 heterocycles. The van der Waals surface area contributed by atoms with Crippen molar-refractivity contribution in [2.75, 3.05) is 6.61 Å². The van der Waals surface area contributed by atoms with E-state index >= 15 is 0 Å². The molecular weight excluding hydrogens is 425 g/mol. The Kier molecular flexibility index (Phi) is 5.86. The highest BCUT2D eigenvalue weighted by Crippen LogP contribution is 2.40. The van der Waals surface area contributed by atoms with Crippen LogP contribution in [0.5, 0.6) is 11.5 Å². The summed E-state index contributed by atoms with van der Waals surface area (Å²) in [6, 6.07) is 3.70. The van der Waals surface area contributed by atoms with Crippen LogP contribution in [0.15, 0.2) is 12.1 Å². The van der Waals surface area contributed by atoms with Crippen LogP contribution in [-0.2, 0) is 10.1 Å². The second kappa shape index (κ2) is 7.64. The Morgan fingerprint density at radius 2 is 2.04 bits per heavy atom. The highest BCUT2D eigenvalue weighted by Gasteiger charge is 2.49. The molecule has 0 unspecified atom stereocenters. The Hall–Kier alpha value is -2.85. The molecule has 0 amide bonds. The summed E-state index contributed by atoms with van der Waals surface area (Å²) in [7, 11) is -6.04. The summed E-state index contributed by atoms with van der Waals surface area (Å²) in [5.41, 5.74) is -5.91. The standard InChI is InChI=1S/C15H11F3N2O6S2/c1-3-25-10-5-8(13-20-7(2)12(27-13)14(21)22)4-9(6-19)11(10)26-28(23,24)15(16,17)18/h4-5H,3H2,1-2H3,(H,21,22). The Balaban J connectivity index is 2.66. The van der Waals surface area contributed by atoms with Gasteiger partial charge in [-0.2, -0.15) is 26.9 Å². The highest BCUT2D eigenvalue weighted by molar-refractivity contribution is 7.88. The third-order valence-electron chi connectivity index (χ3n) is 3.19. The van der Waals surface area contributed by atoms with Gasteiger partial charge in [-0.3, -0.25) is 0 Å². The summed E-state index contributed by atoms with van der Waals surface area (Å²) in [5.74, 6) is -2.57. The first-order valence-corrected chi connectivity index (χ1v) is 9.56. The molecule has 0 radical (unpaired) electrons. The molecule has 0 saturated carbocycles. The van der Waals surface area contributed by atoms with E-state index in [1.165, 1.54) is 13.8 Å². The van der Waals surface area contributed by atoms with Gasteiger partial charge < -0.3 is 14.0 Å². The normalized spacial score (nSPS) is 11.7. The Morgan fingerprint density at radius 1 is 1.39 bits per heavy atom. The Labute approximate surface area is 160 Å². The number of carboxylic acid groups (broad SMARTS) is 1. The molecule has 0 saturated heterocycles. The van der Waals surface area contributed by atoms with Crippen LogP contribution in [-0.4, -0.2) is 36.6 Å². The molecule has 2 rings (SSSR count). The average Bonchev–Trinajstić information content (AvgIpc) is 2.97. The van der Waals surface area contributed by atoms with Crippen molar-refractivity contribution in [1.29, 1.82) is 5.26 Å². The fraction of sp³-hybridized carbons (Fsp3) is 0.267.